The fraction of sp³-hybridized carbons (Fsp3) is 0.857. The van der Waals surface area contributed by atoms with Gasteiger partial charge in [0, 0.05) is 26.2 Å². The molecular formula is C14H22N2O4. The molecule has 1 unspecified atom stereocenters. The Labute approximate surface area is 119 Å². The summed E-state index contributed by atoms with van der Waals surface area (Å²) in [4.78, 5) is 28.6. The minimum atomic E-state index is -0.326. The number of hydrogen-bond acceptors (Lipinski definition) is 4. The number of nitrogens with zero attached hydrogens (tertiary/aromatic N) is 2. The first-order chi connectivity index (χ1) is 9.77. The zero-order valence-electron chi connectivity index (χ0n) is 11.8. The molecule has 3 aliphatic rings. The smallest absolute Gasteiger partial charge is 0.252 e. The van der Waals surface area contributed by atoms with E-state index in [0.717, 1.165) is 25.7 Å². The fourth-order valence-corrected chi connectivity index (χ4v) is 3.24. The lowest BCUT2D eigenvalue weighted by Gasteiger charge is -2.33. The number of ether oxygens (including phenoxy) is 2. The van der Waals surface area contributed by atoms with Gasteiger partial charge in [-0.1, -0.05) is 0 Å². The molecule has 0 N–H and O–H groups in total. The molecule has 0 bridgehead atoms. The molecule has 6 heteroatoms. The highest BCUT2D eigenvalue weighted by Crippen LogP contribution is 2.24. The van der Waals surface area contributed by atoms with Crippen molar-refractivity contribution in [2.75, 3.05) is 39.5 Å². The molecule has 3 saturated heterocycles. The van der Waals surface area contributed by atoms with E-state index in [1.54, 1.807) is 4.90 Å². The summed E-state index contributed by atoms with van der Waals surface area (Å²) < 4.78 is 10.7. The summed E-state index contributed by atoms with van der Waals surface area (Å²) in [5.41, 5.74) is 0. The van der Waals surface area contributed by atoms with Crippen molar-refractivity contribution in [1.29, 1.82) is 0 Å². The van der Waals surface area contributed by atoms with Gasteiger partial charge in [-0.2, -0.15) is 0 Å². The third kappa shape index (κ3) is 2.67. The molecule has 6 nitrogen and oxygen atoms in total. The maximum absolute atomic E-state index is 12.6. The topological polar surface area (TPSA) is 59.1 Å². The summed E-state index contributed by atoms with van der Waals surface area (Å²) >= 11 is 0. The SMILES string of the molecule is O=C([C@H]1CCCN1C(=O)C1CCCO1)N1CCOCC1. The first kappa shape index (κ1) is 13.8. The van der Waals surface area contributed by atoms with Gasteiger partial charge in [0.05, 0.1) is 13.2 Å². The Bertz CT molecular complexity index is 375. The minimum Gasteiger partial charge on any atom is -0.378 e. The van der Waals surface area contributed by atoms with E-state index in [-0.39, 0.29) is 24.0 Å². The molecule has 2 amide bonds. The monoisotopic (exact) mass is 282 g/mol. The van der Waals surface area contributed by atoms with Gasteiger partial charge in [-0.3, -0.25) is 9.59 Å². The number of amides is 2. The van der Waals surface area contributed by atoms with Gasteiger partial charge in [-0.05, 0) is 25.7 Å². The standard InChI is InChI=1S/C14H22N2O4/c17-13(15-6-9-19-10-7-15)11-3-1-5-16(11)14(18)12-4-2-8-20-12/h11-12H,1-10H2/t11-,12?/m1/s1. The fourth-order valence-electron chi connectivity index (χ4n) is 3.24. The minimum absolute atomic E-state index is 0.00612. The highest BCUT2D eigenvalue weighted by Gasteiger charge is 2.40. The molecule has 0 aromatic carbocycles. The van der Waals surface area contributed by atoms with Crippen LogP contribution in [0.3, 0.4) is 0 Å². The molecule has 3 aliphatic heterocycles. The molecule has 20 heavy (non-hydrogen) atoms. The Morgan fingerprint density at radius 1 is 0.900 bits per heavy atom. The van der Waals surface area contributed by atoms with E-state index in [1.807, 2.05) is 4.90 Å². The molecule has 0 aromatic heterocycles. The largest absolute Gasteiger partial charge is 0.378 e. The highest BCUT2D eigenvalue weighted by molar-refractivity contribution is 5.90. The molecule has 2 atom stereocenters. The molecule has 0 radical (unpaired) electrons. The third-order valence-electron chi connectivity index (χ3n) is 4.35. The summed E-state index contributed by atoms with van der Waals surface area (Å²) in [6, 6.07) is -0.287. The lowest BCUT2D eigenvalue weighted by molar-refractivity contribution is -0.150. The summed E-state index contributed by atoms with van der Waals surface area (Å²) in [5, 5.41) is 0. The van der Waals surface area contributed by atoms with Crippen LogP contribution in [0.15, 0.2) is 0 Å². The average Bonchev–Trinajstić information content (AvgIpc) is 3.18. The summed E-state index contributed by atoms with van der Waals surface area (Å²) in [6.07, 6.45) is 3.07. The molecule has 0 aliphatic carbocycles. The molecule has 112 valence electrons. The number of rotatable bonds is 2. The first-order valence-electron chi connectivity index (χ1n) is 7.56. The van der Waals surface area contributed by atoms with Crippen LogP contribution in [0.4, 0.5) is 0 Å². The number of likely N-dealkylation sites (tertiary alicyclic amines) is 1. The average molecular weight is 282 g/mol. The molecule has 3 rings (SSSR count). The Hall–Kier alpha value is -1.14. The van der Waals surface area contributed by atoms with Crippen LogP contribution in [-0.2, 0) is 19.1 Å². The highest BCUT2D eigenvalue weighted by atomic mass is 16.5. The first-order valence-corrected chi connectivity index (χ1v) is 7.56. The van der Waals surface area contributed by atoms with Crippen molar-refractivity contribution in [3.63, 3.8) is 0 Å². The van der Waals surface area contributed by atoms with Crippen molar-refractivity contribution in [1.82, 2.24) is 9.80 Å². The van der Waals surface area contributed by atoms with Crippen LogP contribution in [0.1, 0.15) is 25.7 Å². The van der Waals surface area contributed by atoms with Crippen LogP contribution >= 0.6 is 0 Å². The van der Waals surface area contributed by atoms with E-state index in [1.165, 1.54) is 0 Å². The number of hydrogen-bond donors (Lipinski definition) is 0. The van der Waals surface area contributed by atoms with Crippen LogP contribution in [0.5, 0.6) is 0 Å². The number of carbonyl (C=O) groups is 2. The van der Waals surface area contributed by atoms with Crippen LogP contribution in [0.25, 0.3) is 0 Å². The molecule has 0 aromatic rings. The molecule has 0 saturated carbocycles. The van der Waals surface area contributed by atoms with Gasteiger partial charge in [0.25, 0.3) is 5.91 Å². The van der Waals surface area contributed by atoms with Crippen molar-refractivity contribution in [3.8, 4) is 0 Å². The molecule has 3 fully saturated rings. The lowest BCUT2D eigenvalue weighted by atomic mass is 10.1. The third-order valence-corrected chi connectivity index (χ3v) is 4.35. The second kappa shape index (κ2) is 6.10. The zero-order chi connectivity index (χ0) is 13.9. The maximum atomic E-state index is 12.6. The van der Waals surface area contributed by atoms with Crippen LogP contribution < -0.4 is 0 Å². The molecule has 3 heterocycles. The van der Waals surface area contributed by atoms with Crippen LogP contribution in [0.2, 0.25) is 0 Å². The van der Waals surface area contributed by atoms with Gasteiger partial charge in [-0.15, -0.1) is 0 Å². The summed E-state index contributed by atoms with van der Waals surface area (Å²) in [6.45, 7) is 3.80. The van der Waals surface area contributed by atoms with Crippen molar-refractivity contribution in [3.05, 3.63) is 0 Å². The van der Waals surface area contributed by atoms with E-state index >= 15 is 0 Å². The lowest BCUT2D eigenvalue weighted by Crippen LogP contribution is -2.52. The summed E-state index contributed by atoms with van der Waals surface area (Å²) in [7, 11) is 0. The van der Waals surface area contributed by atoms with Gasteiger partial charge >= 0.3 is 0 Å². The number of morpholine rings is 1. The van der Waals surface area contributed by atoms with Gasteiger partial charge in [0.2, 0.25) is 5.91 Å². The summed E-state index contributed by atoms with van der Waals surface area (Å²) in [5.74, 6) is 0.0868. The van der Waals surface area contributed by atoms with Crippen LogP contribution in [0, 0.1) is 0 Å². The second-order valence-electron chi connectivity index (χ2n) is 5.63. The van der Waals surface area contributed by atoms with Gasteiger partial charge in [0.15, 0.2) is 0 Å². The Kier molecular flexibility index (Phi) is 4.21. The van der Waals surface area contributed by atoms with E-state index < -0.39 is 0 Å². The quantitative estimate of drug-likeness (QED) is 0.716. The predicted octanol–water partition coefficient (Wildman–Crippen LogP) is 0.0152. The van der Waals surface area contributed by atoms with Crippen molar-refractivity contribution >= 4 is 11.8 Å². The molecular weight excluding hydrogens is 260 g/mol. The van der Waals surface area contributed by atoms with Gasteiger partial charge < -0.3 is 19.3 Å². The van der Waals surface area contributed by atoms with Gasteiger partial charge in [-0.25, -0.2) is 0 Å². The van der Waals surface area contributed by atoms with E-state index in [4.69, 9.17) is 9.47 Å². The van der Waals surface area contributed by atoms with Gasteiger partial charge in [0.1, 0.15) is 12.1 Å². The van der Waals surface area contributed by atoms with E-state index in [2.05, 4.69) is 0 Å². The normalized spacial score (nSPS) is 30.8. The Balaban J connectivity index is 1.65. The molecule has 0 spiro atoms. The van der Waals surface area contributed by atoms with Crippen LogP contribution in [-0.4, -0.2) is 73.2 Å². The zero-order valence-corrected chi connectivity index (χ0v) is 11.8. The second-order valence-corrected chi connectivity index (χ2v) is 5.63. The predicted molar refractivity (Wildman–Crippen MR) is 71.1 cm³/mol. The number of carbonyl (C=O) groups excluding carboxylic acids is 2. The van der Waals surface area contributed by atoms with Crippen molar-refractivity contribution < 1.29 is 19.1 Å². The van der Waals surface area contributed by atoms with E-state index in [9.17, 15) is 9.59 Å². The Morgan fingerprint density at radius 2 is 1.70 bits per heavy atom. The van der Waals surface area contributed by atoms with Crippen molar-refractivity contribution in [2.45, 2.75) is 37.8 Å². The van der Waals surface area contributed by atoms with E-state index in [0.29, 0.717) is 39.5 Å². The van der Waals surface area contributed by atoms with Crippen molar-refractivity contribution in [2.24, 2.45) is 0 Å². The maximum Gasteiger partial charge on any atom is 0.252 e. The Morgan fingerprint density at radius 3 is 2.40 bits per heavy atom.